The molecule has 0 aliphatic heterocycles. The lowest BCUT2D eigenvalue weighted by Crippen LogP contribution is -2.17. The second-order valence-corrected chi connectivity index (χ2v) is 14.3. The predicted octanol–water partition coefficient (Wildman–Crippen LogP) is 10.9. The molecule has 52 heavy (non-hydrogen) atoms. The molecule has 1 aliphatic rings. The van der Waals surface area contributed by atoms with Gasteiger partial charge in [0.25, 0.3) is 0 Å². The molecule has 2 heterocycles. The highest BCUT2D eigenvalue weighted by atomic mass is 15.0. The molecule has 5 heteroatoms. The molecule has 0 spiro atoms. The summed E-state index contributed by atoms with van der Waals surface area (Å²) in [5.41, 5.74) is 18.3. The molecule has 10 rings (SSSR count). The number of amidine groups is 2. The maximum atomic E-state index is 8.83. The minimum atomic E-state index is -0.293. The van der Waals surface area contributed by atoms with Gasteiger partial charge >= 0.3 is 0 Å². The molecule has 0 fully saturated rings. The molecule has 0 radical (unpaired) electrons. The van der Waals surface area contributed by atoms with E-state index in [1.54, 1.807) is 0 Å². The molecule has 0 atom stereocenters. The summed E-state index contributed by atoms with van der Waals surface area (Å²) in [6.45, 7) is 4.57. The fraction of sp³-hybridized carbons (Fsp3) is 0.0638. The van der Waals surface area contributed by atoms with Gasteiger partial charge in [-0.2, -0.15) is 0 Å². The Hall–Kier alpha value is -6.72. The van der Waals surface area contributed by atoms with Gasteiger partial charge in [-0.25, -0.2) is 4.99 Å². The highest BCUT2D eigenvalue weighted by molar-refractivity contribution is 6.20. The normalized spacial score (nSPS) is 13.6. The number of aliphatic imine (C=N–C) groups is 1. The van der Waals surface area contributed by atoms with E-state index in [1.807, 2.05) is 36.4 Å². The van der Waals surface area contributed by atoms with E-state index in [9.17, 15) is 0 Å². The number of nitrogens with zero attached hydrogens (tertiary/aromatic N) is 3. The zero-order chi connectivity index (χ0) is 35.1. The number of nitrogens with two attached hydrogens (primary N) is 1. The first-order valence-corrected chi connectivity index (χ1v) is 17.7. The maximum absolute atomic E-state index is 8.83. The second-order valence-electron chi connectivity index (χ2n) is 14.3. The van der Waals surface area contributed by atoms with E-state index in [1.165, 1.54) is 65.7 Å². The quantitative estimate of drug-likeness (QED) is 0.142. The van der Waals surface area contributed by atoms with E-state index in [2.05, 4.69) is 149 Å². The molecule has 5 nitrogen and oxygen atoms in total. The topological polar surface area (TPSA) is 72.1 Å². The molecule has 9 aromatic rings. The SMILES string of the molecule is CC1(C)c2cc(C(=N)N=C(N)c3ccccc3)ccc2-c2ccc(-n3c4ccccc4c4ccc5cc6c(ccn6-c6ccccc6)cc5c43)cc21. The van der Waals surface area contributed by atoms with Gasteiger partial charge in [0.05, 0.1) is 16.6 Å². The summed E-state index contributed by atoms with van der Waals surface area (Å²) in [5.74, 6) is 0.494. The Balaban J connectivity index is 1.12. The molecule has 1 aliphatic carbocycles. The summed E-state index contributed by atoms with van der Waals surface area (Å²) < 4.78 is 4.72. The number of hydrogen-bond donors (Lipinski definition) is 2. The van der Waals surface area contributed by atoms with Gasteiger partial charge in [0.15, 0.2) is 5.84 Å². The maximum Gasteiger partial charge on any atom is 0.154 e. The molecule has 3 N–H and O–H groups in total. The molecule has 0 saturated heterocycles. The molecule has 0 bridgehead atoms. The van der Waals surface area contributed by atoms with E-state index in [0.717, 1.165) is 22.5 Å². The zero-order valence-corrected chi connectivity index (χ0v) is 28.9. The fourth-order valence-corrected chi connectivity index (χ4v) is 8.37. The number of nitrogens with one attached hydrogen (secondary N) is 1. The first kappa shape index (κ1) is 30.1. The Morgan fingerprint density at radius 2 is 1.29 bits per heavy atom. The van der Waals surface area contributed by atoms with Crippen LogP contribution in [0, 0.1) is 5.41 Å². The summed E-state index contributed by atoms with van der Waals surface area (Å²) in [5, 5.41) is 15.0. The van der Waals surface area contributed by atoms with Crippen molar-refractivity contribution in [3.8, 4) is 22.5 Å². The van der Waals surface area contributed by atoms with Crippen LogP contribution < -0.4 is 5.73 Å². The van der Waals surface area contributed by atoms with Crippen molar-refractivity contribution in [3.63, 3.8) is 0 Å². The monoisotopic (exact) mass is 669 g/mol. The Bertz CT molecular complexity index is 2940. The van der Waals surface area contributed by atoms with Crippen LogP contribution in [0.25, 0.3) is 66.0 Å². The van der Waals surface area contributed by atoms with Gasteiger partial charge in [-0.3, -0.25) is 5.41 Å². The van der Waals surface area contributed by atoms with E-state index in [-0.39, 0.29) is 11.3 Å². The minimum absolute atomic E-state index is 0.155. The van der Waals surface area contributed by atoms with Crippen molar-refractivity contribution in [3.05, 3.63) is 180 Å². The molecule has 0 saturated carbocycles. The summed E-state index contributed by atoms with van der Waals surface area (Å²) in [4.78, 5) is 4.48. The summed E-state index contributed by atoms with van der Waals surface area (Å²) in [6.07, 6.45) is 2.17. The van der Waals surface area contributed by atoms with Crippen LogP contribution in [0.3, 0.4) is 0 Å². The third-order valence-corrected chi connectivity index (χ3v) is 11.0. The van der Waals surface area contributed by atoms with Crippen LogP contribution in [-0.4, -0.2) is 20.8 Å². The smallest absolute Gasteiger partial charge is 0.154 e. The standard InChI is InChI=1S/C47H35N5/c1-47(2)40-26-32(46(49)50-45(48)29-11-5-3-6-12-29)18-20-35(40)36-22-19-34(28-41(36)47)52-42-16-10-9-15-37(42)38-21-17-30-27-43-31(25-39(30)44(38)52)23-24-51(43)33-13-7-4-8-14-33/h3-28H,1-2H3,(H3,48,49,50). The Morgan fingerprint density at radius 3 is 2.10 bits per heavy atom. The number of rotatable bonds is 4. The molecule has 0 amide bonds. The third kappa shape index (κ3) is 4.42. The van der Waals surface area contributed by atoms with Crippen molar-refractivity contribution in [2.45, 2.75) is 19.3 Å². The number of fused-ring (bicyclic) bond motifs is 9. The molecule has 7 aromatic carbocycles. The van der Waals surface area contributed by atoms with Gasteiger partial charge in [-0.1, -0.05) is 111 Å². The van der Waals surface area contributed by atoms with Crippen LogP contribution in [0.2, 0.25) is 0 Å². The van der Waals surface area contributed by atoms with Gasteiger partial charge in [0.1, 0.15) is 5.84 Å². The van der Waals surface area contributed by atoms with Crippen LogP contribution in [0.5, 0.6) is 0 Å². The second kappa shape index (κ2) is 11.1. The molecular formula is C47H35N5. The van der Waals surface area contributed by atoms with Crippen LogP contribution >= 0.6 is 0 Å². The highest BCUT2D eigenvalue weighted by Gasteiger charge is 2.36. The van der Waals surface area contributed by atoms with Crippen LogP contribution in [0.15, 0.2) is 163 Å². The van der Waals surface area contributed by atoms with Crippen molar-refractivity contribution in [1.29, 1.82) is 5.41 Å². The molecule has 0 unspecified atom stereocenters. The lowest BCUT2D eigenvalue weighted by atomic mass is 9.81. The van der Waals surface area contributed by atoms with Gasteiger partial charge in [0.2, 0.25) is 0 Å². The third-order valence-electron chi connectivity index (χ3n) is 11.0. The number of hydrogen-bond acceptors (Lipinski definition) is 1. The average molecular weight is 670 g/mol. The molecule has 248 valence electrons. The van der Waals surface area contributed by atoms with Gasteiger partial charge in [0, 0.05) is 55.7 Å². The van der Waals surface area contributed by atoms with E-state index < -0.39 is 0 Å². The summed E-state index contributed by atoms with van der Waals surface area (Å²) >= 11 is 0. The van der Waals surface area contributed by atoms with E-state index in [0.29, 0.717) is 5.84 Å². The van der Waals surface area contributed by atoms with Crippen molar-refractivity contribution < 1.29 is 0 Å². The van der Waals surface area contributed by atoms with Crippen molar-refractivity contribution in [2.75, 3.05) is 0 Å². The zero-order valence-electron chi connectivity index (χ0n) is 28.9. The first-order valence-electron chi connectivity index (χ1n) is 17.7. The van der Waals surface area contributed by atoms with Crippen molar-refractivity contribution >= 4 is 55.2 Å². The summed E-state index contributed by atoms with van der Waals surface area (Å²) in [7, 11) is 0. The predicted molar refractivity (Wildman–Crippen MR) is 217 cm³/mol. The van der Waals surface area contributed by atoms with E-state index >= 15 is 0 Å². The average Bonchev–Trinajstić information content (AvgIpc) is 3.82. The van der Waals surface area contributed by atoms with Crippen molar-refractivity contribution in [1.82, 2.24) is 9.13 Å². The molecule has 2 aromatic heterocycles. The Labute approximate surface area is 301 Å². The molecular weight excluding hydrogens is 635 g/mol. The van der Waals surface area contributed by atoms with Crippen LogP contribution in [-0.2, 0) is 5.41 Å². The Morgan fingerprint density at radius 1 is 0.577 bits per heavy atom. The van der Waals surface area contributed by atoms with E-state index in [4.69, 9.17) is 11.1 Å². The van der Waals surface area contributed by atoms with Crippen LogP contribution in [0.4, 0.5) is 0 Å². The number of benzene rings is 7. The lowest BCUT2D eigenvalue weighted by molar-refractivity contribution is 0.659. The van der Waals surface area contributed by atoms with Gasteiger partial charge < -0.3 is 14.9 Å². The highest BCUT2D eigenvalue weighted by Crippen LogP contribution is 2.50. The van der Waals surface area contributed by atoms with Crippen LogP contribution in [0.1, 0.15) is 36.1 Å². The largest absolute Gasteiger partial charge is 0.383 e. The fourth-order valence-electron chi connectivity index (χ4n) is 8.37. The lowest BCUT2D eigenvalue weighted by Gasteiger charge is -2.23. The van der Waals surface area contributed by atoms with Gasteiger partial charge in [-0.15, -0.1) is 0 Å². The van der Waals surface area contributed by atoms with Gasteiger partial charge in [-0.05, 0) is 82.2 Å². The number of aromatic nitrogens is 2. The Kier molecular flexibility index (Phi) is 6.46. The van der Waals surface area contributed by atoms with Crippen molar-refractivity contribution in [2.24, 2.45) is 10.7 Å². The first-order chi connectivity index (χ1) is 25.4. The minimum Gasteiger partial charge on any atom is -0.383 e. The number of para-hydroxylation sites is 2. The summed E-state index contributed by atoms with van der Waals surface area (Å²) in [6, 6.07) is 53.5.